The van der Waals surface area contributed by atoms with Crippen molar-refractivity contribution in [2.45, 2.75) is 10.8 Å². The van der Waals surface area contributed by atoms with E-state index in [0.29, 0.717) is 0 Å². The van der Waals surface area contributed by atoms with Crippen LogP contribution >= 0.6 is 0 Å². The molecule has 1 heterocycles. The molecule has 0 N–H and O–H groups in total. The Morgan fingerprint density at radius 3 is 1.38 bits per heavy atom. The standard InChI is InChI=1S/C54H32O/c1-2-15-34-31-49-42(30-33(34)14-1)40-19-6-8-22-44(40)53(49)43-21-7-3-18-39(43)41-29-28-35(32-48(41)53)36-20-13-27-51-52(36)54(47-25-11-12-26-50(47)55-51)45-23-9-4-16-37(45)38-17-5-10-24-46(38)54/h1-32H. The van der Waals surface area contributed by atoms with Crippen molar-refractivity contribution in [1.29, 1.82) is 0 Å². The van der Waals surface area contributed by atoms with Gasteiger partial charge in [0.25, 0.3) is 0 Å². The smallest absolute Gasteiger partial charge is 0.132 e. The molecule has 9 aromatic rings. The predicted molar refractivity (Wildman–Crippen MR) is 223 cm³/mol. The third-order valence-electron chi connectivity index (χ3n) is 13.1. The molecule has 0 amide bonds. The van der Waals surface area contributed by atoms with Crippen molar-refractivity contribution in [3.05, 3.63) is 239 Å². The van der Waals surface area contributed by atoms with E-state index >= 15 is 0 Å². The maximum Gasteiger partial charge on any atom is 0.132 e. The van der Waals surface area contributed by atoms with Gasteiger partial charge in [0.1, 0.15) is 11.5 Å². The average molecular weight is 697 g/mol. The van der Waals surface area contributed by atoms with Crippen molar-refractivity contribution < 1.29 is 4.74 Å². The van der Waals surface area contributed by atoms with Gasteiger partial charge in [-0.3, -0.25) is 0 Å². The van der Waals surface area contributed by atoms with Gasteiger partial charge in [0.05, 0.1) is 10.8 Å². The van der Waals surface area contributed by atoms with Crippen LogP contribution in [0.5, 0.6) is 11.5 Å². The molecule has 254 valence electrons. The summed E-state index contributed by atoms with van der Waals surface area (Å²) in [5.41, 5.74) is 19.6. The van der Waals surface area contributed by atoms with Crippen LogP contribution in [0.15, 0.2) is 194 Å². The van der Waals surface area contributed by atoms with E-state index < -0.39 is 10.8 Å². The summed E-state index contributed by atoms with van der Waals surface area (Å²) >= 11 is 0. The van der Waals surface area contributed by atoms with Gasteiger partial charge >= 0.3 is 0 Å². The molecular formula is C54H32O. The van der Waals surface area contributed by atoms with Gasteiger partial charge in [0.15, 0.2) is 0 Å². The number of para-hydroxylation sites is 1. The largest absolute Gasteiger partial charge is 0.457 e. The summed E-state index contributed by atoms with van der Waals surface area (Å²) in [5, 5.41) is 2.54. The van der Waals surface area contributed by atoms with Crippen LogP contribution < -0.4 is 4.74 Å². The minimum Gasteiger partial charge on any atom is -0.457 e. The molecule has 1 aliphatic heterocycles. The zero-order chi connectivity index (χ0) is 35.9. The maximum absolute atomic E-state index is 6.93. The number of benzene rings is 9. The van der Waals surface area contributed by atoms with Crippen molar-refractivity contribution in [2.24, 2.45) is 0 Å². The third-order valence-corrected chi connectivity index (χ3v) is 13.1. The number of rotatable bonds is 1. The van der Waals surface area contributed by atoms with Gasteiger partial charge in [-0.2, -0.15) is 0 Å². The zero-order valence-corrected chi connectivity index (χ0v) is 29.9. The highest BCUT2D eigenvalue weighted by Gasteiger charge is 2.54. The van der Waals surface area contributed by atoms with Crippen molar-refractivity contribution in [3.8, 4) is 56.0 Å². The van der Waals surface area contributed by atoms with Crippen molar-refractivity contribution >= 4 is 10.8 Å². The van der Waals surface area contributed by atoms with Crippen LogP contribution in [0, 0.1) is 0 Å². The first-order valence-corrected chi connectivity index (χ1v) is 19.3. The molecule has 0 radical (unpaired) electrons. The number of hydrogen-bond donors (Lipinski definition) is 0. The lowest BCUT2D eigenvalue weighted by Gasteiger charge is -2.40. The highest BCUT2D eigenvalue weighted by molar-refractivity contribution is 6.01. The SMILES string of the molecule is c1ccc2c(c1)Oc1cccc(-c3ccc4c(c3)C3(c5ccccc5-4)c4ccccc4-c4cc5ccccc5cc43)c1C21c2ccccc2-c2ccccc21. The summed E-state index contributed by atoms with van der Waals surface area (Å²) in [6.07, 6.45) is 0. The minimum absolute atomic E-state index is 0.458. The Labute approximate surface area is 319 Å². The summed E-state index contributed by atoms with van der Waals surface area (Å²) in [6, 6.07) is 72.5. The summed E-state index contributed by atoms with van der Waals surface area (Å²) in [5.74, 6) is 1.82. The number of hydrogen-bond acceptors (Lipinski definition) is 1. The van der Waals surface area contributed by atoms with Gasteiger partial charge in [-0.15, -0.1) is 0 Å². The molecule has 1 atom stereocenters. The van der Waals surface area contributed by atoms with Gasteiger partial charge in [0, 0.05) is 11.1 Å². The first-order valence-electron chi connectivity index (χ1n) is 19.3. The molecule has 0 aromatic heterocycles. The molecule has 1 unspecified atom stereocenters. The van der Waals surface area contributed by atoms with Crippen molar-refractivity contribution in [2.75, 3.05) is 0 Å². The Kier molecular flexibility index (Phi) is 5.56. The van der Waals surface area contributed by atoms with E-state index in [0.717, 1.165) is 11.5 Å². The number of fused-ring (bicyclic) bond motifs is 20. The first-order chi connectivity index (χ1) is 27.3. The van der Waals surface area contributed by atoms with E-state index in [2.05, 4.69) is 194 Å². The monoisotopic (exact) mass is 696 g/mol. The Balaban J connectivity index is 1.14. The van der Waals surface area contributed by atoms with Gasteiger partial charge in [-0.25, -0.2) is 0 Å². The van der Waals surface area contributed by atoms with Crippen LogP contribution in [0.2, 0.25) is 0 Å². The first kappa shape index (κ1) is 29.5. The second kappa shape index (κ2) is 10.4. The quantitative estimate of drug-likeness (QED) is 0.166. The second-order valence-corrected chi connectivity index (χ2v) is 15.5. The zero-order valence-electron chi connectivity index (χ0n) is 29.9. The normalized spacial score (nSPS) is 16.7. The minimum atomic E-state index is -0.556. The van der Waals surface area contributed by atoms with Gasteiger partial charge in [-0.05, 0) is 119 Å². The fraction of sp³-hybridized carbons (Fsp3) is 0.0370. The Morgan fingerprint density at radius 1 is 0.273 bits per heavy atom. The van der Waals surface area contributed by atoms with Crippen molar-refractivity contribution in [1.82, 2.24) is 0 Å². The van der Waals surface area contributed by atoms with Crippen LogP contribution in [0.3, 0.4) is 0 Å². The Hall–Kier alpha value is -6.96. The van der Waals surface area contributed by atoms with Crippen LogP contribution in [-0.2, 0) is 10.8 Å². The summed E-state index contributed by atoms with van der Waals surface area (Å²) < 4.78 is 6.93. The molecule has 0 saturated carbocycles. The topological polar surface area (TPSA) is 9.23 Å². The van der Waals surface area contributed by atoms with E-state index in [1.165, 1.54) is 99.8 Å². The molecule has 9 aromatic carbocycles. The molecule has 55 heavy (non-hydrogen) atoms. The van der Waals surface area contributed by atoms with Gasteiger partial charge < -0.3 is 4.74 Å². The Bertz CT molecular complexity index is 3100. The third kappa shape index (κ3) is 3.46. The number of ether oxygens (including phenoxy) is 1. The molecular weight excluding hydrogens is 665 g/mol. The maximum atomic E-state index is 6.93. The van der Waals surface area contributed by atoms with E-state index in [-0.39, 0.29) is 0 Å². The van der Waals surface area contributed by atoms with Gasteiger partial charge in [-0.1, -0.05) is 164 Å². The highest BCUT2D eigenvalue weighted by Crippen LogP contribution is 2.66. The summed E-state index contributed by atoms with van der Waals surface area (Å²) in [7, 11) is 0. The lowest BCUT2D eigenvalue weighted by Crippen LogP contribution is -2.33. The van der Waals surface area contributed by atoms with Crippen LogP contribution in [-0.4, -0.2) is 0 Å². The Morgan fingerprint density at radius 2 is 0.727 bits per heavy atom. The van der Waals surface area contributed by atoms with E-state index in [1.807, 2.05) is 0 Å². The van der Waals surface area contributed by atoms with Crippen LogP contribution in [0.1, 0.15) is 44.5 Å². The molecule has 1 heteroatoms. The lowest BCUT2D eigenvalue weighted by atomic mass is 9.64. The van der Waals surface area contributed by atoms with Crippen LogP contribution in [0.4, 0.5) is 0 Å². The fourth-order valence-corrected chi connectivity index (χ4v) is 11.1. The predicted octanol–water partition coefficient (Wildman–Crippen LogP) is 13.3. The second-order valence-electron chi connectivity index (χ2n) is 15.5. The molecule has 3 aliphatic carbocycles. The fourth-order valence-electron chi connectivity index (χ4n) is 11.1. The molecule has 13 rings (SSSR count). The molecule has 4 aliphatic rings. The van der Waals surface area contributed by atoms with E-state index in [4.69, 9.17) is 4.74 Å². The van der Waals surface area contributed by atoms with E-state index in [9.17, 15) is 0 Å². The molecule has 0 bridgehead atoms. The lowest BCUT2D eigenvalue weighted by molar-refractivity contribution is 0.437. The van der Waals surface area contributed by atoms with Crippen molar-refractivity contribution in [3.63, 3.8) is 0 Å². The molecule has 0 saturated heterocycles. The summed E-state index contributed by atoms with van der Waals surface area (Å²) in [6.45, 7) is 0. The summed E-state index contributed by atoms with van der Waals surface area (Å²) in [4.78, 5) is 0. The van der Waals surface area contributed by atoms with E-state index in [1.54, 1.807) is 0 Å². The average Bonchev–Trinajstić information content (AvgIpc) is 3.82. The van der Waals surface area contributed by atoms with Gasteiger partial charge in [0.2, 0.25) is 0 Å². The highest BCUT2D eigenvalue weighted by atomic mass is 16.5. The molecule has 2 spiro atoms. The van der Waals surface area contributed by atoms with Crippen LogP contribution in [0.25, 0.3) is 55.3 Å². The molecule has 0 fully saturated rings. The molecule has 1 nitrogen and oxygen atoms in total.